The fraction of sp³-hybridized carbons (Fsp3) is 0.118. The highest BCUT2D eigenvalue weighted by Crippen LogP contribution is 2.22. The van der Waals surface area contributed by atoms with E-state index in [2.05, 4.69) is 10.1 Å². The van der Waals surface area contributed by atoms with E-state index in [9.17, 15) is 4.79 Å². The van der Waals surface area contributed by atoms with Crippen LogP contribution in [0.25, 0.3) is 34.6 Å². The molecule has 3 heterocycles. The average molecular weight is 339 g/mol. The van der Waals surface area contributed by atoms with E-state index >= 15 is 0 Å². The van der Waals surface area contributed by atoms with Crippen molar-refractivity contribution in [2.45, 2.75) is 13.5 Å². The topological polar surface area (TPSA) is 74.1 Å². The average Bonchev–Trinajstić information content (AvgIpc) is 3.31. The minimum absolute atomic E-state index is 0.364. The van der Waals surface area contributed by atoms with Gasteiger partial charge in [-0.2, -0.15) is 4.98 Å². The second kappa shape index (κ2) is 5.93. The van der Waals surface area contributed by atoms with Crippen LogP contribution in [-0.2, 0) is 6.54 Å². The number of aromatic nitrogens is 3. The maximum Gasteiger partial charge on any atom is 0.419 e. The molecule has 4 aromatic rings. The minimum Gasteiger partial charge on any atom is -0.408 e. The summed E-state index contributed by atoms with van der Waals surface area (Å²) in [5.74, 6) is 0.512. The van der Waals surface area contributed by atoms with E-state index in [4.69, 9.17) is 8.94 Å². The third-order valence-corrected chi connectivity index (χ3v) is 4.46. The lowest BCUT2D eigenvalue weighted by Crippen LogP contribution is -2.11. The van der Waals surface area contributed by atoms with Crippen molar-refractivity contribution in [3.63, 3.8) is 0 Å². The van der Waals surface area contributed by atoms with Gasteiger partial charge in [-0.15, -0.1) is 11.3 Å². The molecule has 120 valence electrons. The molecule has 1 aromatic carbocycles. The molecule has 24 heavy (non-hydrogen) atoms. The van der Waals surface area contributed by atoms with Crippen LogP contribution in [0.4, 0.5) is 0 Å². The number of hydrogen-bond acceptors (Lipinski definition) is 6. The SMILES string of the molecule is CCn1c(=O)oc2cc(-c3noc(C=Cc4cccs4)n3)ccc21. The van der Waals surface area contributed by atoms with Crippen LogP contribution in [0.2, 0.25) is 0 Å². The first kappa shape index (κ1) is 14.6. The monoisotopic (exact) mass is 339 g/mol. The van der Waals surface area contributed by atoms with Crippen LogP contribution >= 0.6 is 11.3 Å². The molecule has 0 N–H and O–H groups in total. The summed E-state index contributed by atoms with van der Waals surface area (Å²) in [6, 6.07) is 9.42. The smallest absolute Gasteiger partial charge is 0.408 e. The van der Waals surface area contributed by atoms with Gasteiger partial charge in [-0.05, 0) is 42.6 Å². The van der Waals surface area contributed by atoms with Gasteiger partial charge in [0.2, 0.25) is 5.82 Å². The van der Waals surface area contributed by atoms with E-state index in [0.29, 0.717) is 23.8 Å². The van der Waals surface area contributed by atoms with Gasteiger partial charge in [0, 0.05) is 23.1 Å². The molecular weight excluding hydrogens is 326 g/mol. The van der Waals surface area contributed by atoms with E-state index in [0.717, 1.165) is 16.0 Å². The summed E-state index contributed by atoms with van der Waals surface area (Å²) in [6.07, 6.45) is 3.69. The quantitative estimate of drug-likeness (QED) is 0.564. The van der Waals surface area contributed by atoms with Crippen molar-refractivity contribution in [3.8, 4) is 11.4 Å². The molecule has 7 heteroatoms. The van der Waals surface area contributed by atoms with Gasteiger partial charge < -0.3 is 8.94 Å². The first-order valence-corrected chi connectivity index (χ1v) is 8.31. The Morgan fingerprint density at radius 2 is 2.21 bits per heavy atom. The Hall–Kier alpha value is -2.93. The summed E-state index contributed by atoms with van der Waals surface area (Å²) in [5, 5.41) is 5.99. The fourth-order valence-electron chi connectivity index (χ4n) is 2.46. The summed E-state index contributed by atoms with van der Waals surface area (Å²) in [6.45, 7) is 2.46. The van der Waals surface area contributed by atoms with E-state index < -0.39 is 0 Å². The second-order valence-electron chi connectivity index (χ2n) is 5.10. The largest absolute Gasteiger partial charge is 0.419 e. The molecule has 0 amide bonds. The Morgan fingerprint density at radius 3 is 3.00 bits per heavy atom. The minimum atomic E-state index is -0.364. The Morgan fingerprint density at radius 1 is 1.29 bits per heavy atom. The number of rotatable bonds is 4. The highest BCUT2D eigenvalue weighted by atomic mass is 32.1. The fourth-order valence-corrected chi connectivity index (χ4v) is 3.08. The van der Waals surface area contributed by atoms with Gasteiger partial charge in [0.25, 0.3) is 5.89 Å². The number of thiophene rings is 1. The summed E-state index contributed by atoms with van der Waals surface area (Å²) in [7, 11) is 0. The normalized spacial score (nSPS) is 11.7. The number of nitrogens with zero attached hydrogens (tertiary/aromatic N) is 3. The first-order chi connectivity index (χ1) is 11.7. The van der Waals surface area contributed by atoms with Crippen LogP contribution in [0.5, 0.6) is 0 Å². The van der Waals surface area contributed by atoms with E-state index in [1.54, 1.807) is 28.0 Å². The lowest BCUT2D eigenvalue weighted by Gasteiger charge is -1.97. The predicted octanol–water partition coefficient (Wildman–Crippen LogP) is 3.90. The molecule has 0 saturated carbocycles. The van der Waals surface area contributed by atoms with Crippen molar-refractivity contribution >= 4 is 34.6 Å². The van der Waals surface area contributed by atoms with Gasteiger partial charge in [0.1, 0.15) is 0 Å². The van der Waals surface area contributed by atoms with Crippen LogP contribution in [0, 0.1) is 0 Å². The first-order valence-electron chi connectivity index (χ1n) is 7.43. The van der Waals surface area contributed by atoms with Crippen molar-refractivity contribution in [1.29, 1.82) is 0 Å². The zero-order valence-electron chi connectivity index (χ0n) is 12.8. The van der Waals surface area contributed by atoms with E-state index in [-0.39, 0.29) is 5.76 Å². The molecule has 0 unspecified atom stereocenters. The van der Waals surface area contributed by atoms with Gasteiger partial charge in [0.05, 0.1) is 5.52 Å². The number of oxazole rings is 1. The Balaban J connectivity index is 1.67. The van der Waals surface area contributed by atoms with Crippen molar-refractivity contribution < 1.29 is 8.94 Å². The zero-order chi connectivity index (χ0) is 16.5. The van der Waals surface area contributed by atoms with Crippen LogP contribution in [0.3, 0.4) is 0 Å². The van der Waals surface area contributed by atoms with Crippen molar-refractivity contribution in [2.75, 3.05) is 0 Å². The van der Waals surface area contributed by atoms with E-state index in [1.165, 1.54) is 0 Å². The number of fused-ring (bicyclic) bond motifs is 1. The summed E-state index contributed by atoms with van der Waals surface area (Å²) in [5.41, 5.74) is 2.01. The van der Waals surface area contributed by atoms with Crippen molar-refractivity contribution in [1.82, 2.24) is 14.7 Å². The van der Waals surface area contributed by atoms with E-state index in [1.807, 2.05) is 42.6 Å². The summed E-state index contributed by atoms with van der Waals surface area (Å²) in [4.78, 5) is 17.2. The highest BCUT2D eigenvalue weighted by molar-refractivity contribution is 7.10. The number of hydrogen-bond donors (Lipinski definition) is 0. The molecule has 0 saturated heterocycles. The summed E-state index contributed by atoms with van der Waals surface area (Å²) < 4.78 is 12.1. The van der Waals surface area contributed by atoms with Crippen LogP contribution in [0.15, 0.2) is 49.4 Å². The molecule has 0 bridgehead atoms. The molecule has 0 aliphatic rings. The number of benzene rings is 1. The third-order valence-electron chi connectivity index (χ3n) is 3.62. The van der Waals surface area contributed by atoms with Crippen LogP contribution < -0.4 is 5.76 Å². The van der Waals surface area contributed by atoms with Crippen LogP contribution in [0.1, 0.15) is 17.7 Å². The molecule has 6 nitrogen and oxygen atoms in total. The van der Waals surface area contributed by atoms with Crippen molar-refractivity contribution in [3.05, 3.63) is 57.0 Å². The molecule has 0 aliphatic carbocycles. The molecule has 0 fully saturated rings. The standard InChI is InChI=1S/C17H13N3O3S/c1-2-20-13-7-5-11(10-14(13)22-17(20)21)16-18-15(23-19-16)8-6-12-4-3-9-24-12/h3-10H,2H2,1H3. The molecule has 0 spiro atoms. The van der Waals surface area contributed by atoms with Gasteiger partial charge in [0.15, 0.2) is 5.58 Å². The molecule has 4 rings (SSSR count). The highest BCUT2D eigenvalue weighted by Gasteiger charge is 2.12. The Labute approximate surface area is 140 Å². The lowest BCUT2D eigenvalue weighted by molar-refractivity contribution is 0.411. The molecule has 0 aliphatic heterocycles. The maximum atomic E-state index is 11.8. The summed E-state index contributed by atoms with van der Waals surface area (Å²) >= 11 is 1.63. The zero-order valence-corrected chi connectivity index (χ0v) is 13.6. The van der Waals surface area contributed by atoms with Gasteiger partial charge in [-0.3, -0.25) is 4.57 Å². The molecule has 3 aromatic heterocycles. The van der Waals surface area contributed by atoms with Gasteiger partial charge in [-0.25, -0.2) is 4.79 Å². The molecule has 0 radical (unpaired) electrons. The molecule has 0 atom stereocenters. The van der Waals surface area contributed by atoms with Gasteiger partial charge >= 0.3 is 5.76 Å². The van der Waals surface area contributed by atoms with Crippen molar-refractivity contribution in [2.24, 2.45) is 0 Å². The second-order valence-corrected chi connectivity index (χ2v) is 6.08. The van der Waals surface area contributed by atoms with Gasteiger partial charge in [-0.1, -0.05) is 11.2 Å². The maximum absolute atomic E-state index is 11.8. The predicted molar refractivity (Wildman–Crippen MR) is 92.7 cm³/mol. The third kappa shape index (κ3) is 2.59. The lowest BCUT2D eigenvalue weighted by atomic mass is 10.2. The molecular formula is C17H13N3O3S. The Bertz CT molecular complexity index is 1070. The Kier molecular flexibility index (Phi) is 3.62. The number of aryl methyl sites for hydroxylation is 1. The van der Waals surface area contributed by atoms with Crippen LogP contribution in [-0.4, -0.2) is 14.7 Å².